The molecule has 0 aliphatic heterocycles. The predicted octanol–water partition coefficient (Wildman–Crippen LogP) is 3.31. The van der Waals surface area contributed by atoms with Crippen molar-refractivity contribution in [3.63, 3.8) is 0 Å². The first kappa shape index (κ1) is 13.3. The number of imide groups is 1. The summed E-state index contributed by atoms with van der Waals surface area (Å²) in [5.74, 6) is -0.970. The van der Waals surface area contributed by atoms with Gasteiger partial charge in [-0.05, 0) is 12.1 Å². The number of halogens is 3. The second kappa shape index (κ2) is 5.53. The average Bonchev–Trinajstić information content (AvgIpc) is 2.25. The van der Waals surface area contributed by atoms with Gasteiger partial charge in [-0.25, -0.2) is 0 Å². The lowest BCUT2D eigenvalue weighted by Crippen LogP contribution is -2.29. The van der Waals surface area contributed by atoms with Crippen molar-refractivity contribution in [3.8, 4) is 0 Å². The molecule has 0 saturated carbocycles. The van der Waals surface area contributed by atoms with E-state index in [0.29, 0.717) is 0 Å². The molecule has 0 bridgehead atoms. The van der Waals surface area contributed by atoms with Gasteiger partial charge < -0.3 is 0 Å². The lowest BCUT2D eigenvalue weighted by atomic mass is 10.2. The van der Waals surface area contributed by atoms with E-state index in [0.717, 1.165) is 0 Å². The molecule has 0 heterocycles. The summed E-state index contributed by atoms with van der Waals surface area (Å²) in [6.45, 7) is 1.64. The van der Waals surface area contributed by atoms with Gasteiger partial charge in [0.15, 0.2) is 0 Å². The summed E-state index contributed by atoms with van der Waals surface area (Å²) >= 11 is 17.3. The third-order valence-electron chi connectivity index (χ3n) is 1.85. The number of nitrogens with one attached hydrogen (secondary N) is 1. The molecule has 0 aliphatic carbocycles. The van der Waals surface area contributed by atoms with Crippen molar-refractivity contribution in [2.45, 2.75) is 13.3 Å². The largest absolute Gasteiger partial charge is 0.292 e. The molecular formula is C10H8Cl3NO2. The molecule has 1 N–H and O–H groups in total. The Morgan fingerprint density at radius 1 is 1.19 bits per heavy atom. The molecule has 1 aromatic carbocycles. The van der Waals surface area contributed by atoms with Crippen LogP contribution in [0.25, 0.3) is 0 Å². The van der Waals surface area contributed by atoms with E-state index < -0.39 is 5.91 Å². The molecule has 1 aromatic rings. The summed E-state index contributed by atoms with van der Waals surface area (Å²) in [6.07, 6.45) is 0.213. The highest BCUT2D eigenvalue weighted by atomic mass is 35.5. The summed E-state index contributed by atoms with van der Waals surface area (Å²) in [5, 5.41) is 2.56. The minimum Gasteiger partial charge on any atom is -0.292 e. The van der Waals surface area contributed by atoms with Gasteiger partial charge >= 0.3 is 0 Å². The molecular weight excluding hydrogens is 272 g/mol. The summed E-state index contributed by atoms with van der Waals surface area (Å²) in [5.41, 5.74) is 0.123. The Morgan fingerprint density at radius 2 is 1.81 bits per heavy atom. The maximum absolute atomic E-state index is 11.6. The number of rotatable bonds is 2. The van der Waals surface area contributed by atoms with Gasteiger partial charge in [-0.3, -0.25) is 14.9 Å². The second-order valence-corrected chi connectivity index (χ2v) is 4.12. The lowest BCUT2D eigenvalue weighted by Gasteiger charge is -2.06. The van der Waals surface area contributed by atoms with Crippen molar-refractivity contribution < 1.29 is 9.59 Å². The molecule has 0 spiro atoms. The molecule has 86 valence electrons. The third-order valence-corrected chi connectivity index (χ3v) is 3.15. The van der Waals surface area contributed by atoms with Crippen LogP contribution in [0.4, 0.5) is 0 Å². The van der Waals surface area contributed by atoms with E-state index in [1.54, 1.807) is 6.92 Å². The Bertz CT molecular complexity index is 446. The van der Waals surface area contributed by atoms with Gasteiger partial charge in [-0.2, -0.15) is 0 Å². The number of hydrogen-bond donors (Lipinski definition) is 1. The topological polar surface area (TPSA) is 46.2 Å². The van der Waals surface area contributed by atoms with Gasteiger partial charge in [-0.1, -0.05) is 41.7 Å². The summed E-state index contributed by atoms with van der Waals surface area (Å²) in [4.78, 5) is 22.6. The fourth-order valence-corrected chi connectivity index (χ4v) is 1.60. The van der Waals surface area contributed by atoms with E-state index in [9.17, 15) is 9.59 Å². The molecule has 3 nitrogen and oxygen atoms in total. The normalized spacial score (nSPS) is 10.0. The van der Waals surface area contributed by atoms with Crippen LogP contribution in [-0.4, -0.2) is 11.8 Å². The van der Waals surface area contributed by atoms with E-state index in [1.165, 1.54) is 12.1 Å². The number of benzene rings is 1. The SMILES string of the molecule is CCC(=O)NC(=O)c1ccc(Cl)c(Cl)c1Cl. The molecule has 0 aliphatic rings. The van der Waals surface area contributed by atoms with Crippen molar-refractivity contribution in [1.82, 2.24) is 5.32 Å². The smallest absolute Gasteiger partial charge is 0.259 e. The molecule has 0 atom stereocenters. The molecule has 0 fully saturated rings. The van der Waals surface area contributed by atoms with Gasteiger partial charge in [-0.15, -0.1) is 0 Å². The fourth-order valence-electron chi connectivity index (χ4n) is 0.984. The first-order valence-corrected chi connectivity index (χ1v) is 5.58. The zero-order chi connectivity index (χ0) is 12.3. The van der Waals surface area contributed by atoms with Crippen LogP contribution >= 0.6 is 34.8 Å². The Balaban J connectivity index is 3.01. The number of carbonyl (C=O) groups is 2. The molecule has 0 saturated heterocycles. The quantitative estimate of drug-likeness (QED) is 0.845. The minimum absolute atomic E-state index is 0.0376. The molecule has 16 heavy (non-hydrogen) atoms. The highest BCUT2D eigenvalue weighted by Crippen LogP contribution is 2.32. The maximum Gasteiger partial charge on any atom is 0.259 e. The van der Waals surface area contributed by atoms with Gasteiger partial charge in [0.2, 0.25) is 5.91 Å². The van der Waals surface area contributed by atoms with Crippen molar-refractivity contribution in [2.24, 2.45) is 0 Å². The van der Waals surface area contributed by atoms with E-state index in [-0.39, 0.29) is 33.0 Å². The number of amides is 2. The van der Waals surface area contributed by atoms with Gasteiger partial charge in [0.1, 0.15) is 0 Å². The molecule has 1 rings (SSSR count). The van der Waals surface area contributed by atoms with Crippen LogP contribution in [0.2, 0.25) is 15.1 Å². The molecule has 0 aromatic heterocycles. The van der Waals surface area contributed by atoms with Crippen molar-refractivity contribution in [1.29, 1.82) is 0 Å². The van der Waals surface area contributed by atoms with E-state index in [2.05, 4.69) is 5.32 Å². The first-order chi connectivity index (χ1) is 7.47. The minimum atomic E-state index is -0.588. The van der Waals surface area contributed by atoms with Crippen LogP contribution in [0.3, 0.4) is 0 Å². The monoisotopic (exact) mass is 279 g/mol. The van der Waals surface area contributed by atoms with E-state index in [1.807, 2.05) is 0 Å². The Morgan fingerprint density at radius 3 is 2.38 bits per heavy atom. The summed E-state index contributed by atoms with van der Waals surface area (Å²) < 4.78 is 0. The van der Waals surface area contributed by atoms with Crippen LogP contribution in [-0.2, 0) is 4.79 Å². The lowest BCUT2D eigenvalue weighted by molar-refractivity contribution is -0.119. The molecule has 2 amide bonds. The van der Waals surface area contributed by atoms with Crippen LogP contribution in [0.15, 0.2) is 12.1 Å². The van der Waals surface area contributed by atoms with Crippen LogP contribution in [0.1, 0.15) is 23.7 Å². The molecule has 6 heteroatoms. The zero-order valence-electron chi connectivity index (χ0n) is 8.31. The fraction of sp³-hybridized carbons (Fsp3) is 0.200. The standard InChI is InChI=1S/C10H8Cl3NO2/c1-2-7(15)14-10(16)5-3-4-6(11)9(13)8(5)12/h3-4H,2H2,1H3,(H,14,15,16). The van der Waals surface area contributed by atoms with Crippen LogP contribution in [0, 0.1) is 0 Å². The molecule has 0 unspecified atom stereocenters. The number of carbonyl (C=O) groups excluding carboxylic acids is 2. The van der Waals surface area contributed by atoms with Crippen molar-refractivity contribution >= 4 is 46.6 Å². The van der Waals surface area contributed by atoms with Crippen molar-refractivity contribution in [2.75, 3.05) is 0 Å². The van der Waals surface area contributed by atoms with E-state index >= 15 is 0 Å². The zero-order valence-corrected chi connectivity index (χ0v) is 10.6. The second-order valence-electron chi connectivity index (χ2n) is 2.95. The van der Waals surface area contributed by atoms with E-state index in [4.69, 9.17) is 34.8 Å². The number of hydrogen-bond acceptors (Lipinski definition) is 2. The maximum atomic E-state index is 11.6. The van der Waals surface area contributed by atoms with Crippen molar-refractivity contribution in [3.05, 3.63) is 32.8 Å². The highest BCUT2D eigenvalue weighted by molar-refractivity contribution is 6.49. The Kier molecular flexibility index (Phi) is 4.59. The first-order valence-electron chi connectivity index (χ1n) is 4.45. The van der Waals surface area contributed by atoms with Gasteiger partial charge in [0.25, 0.3) is 5.91 Å². The average molecular weight is 281 g/mol. The molecule has 0 radical (unpaired) electrons. The van der Waals surface area contributed by atoms with Gasteiger partial charge in [0, 0.05) is 6.42 Å². The van der Waals surface area contributed by atoms with Gasteiger partial charge in [0.05, 0.1) is 20.6 Å². The summed E-state index contributed by atoms with van der Waals surface area (Å²) in [7, 11) is 0. The predicted molar refractivity (Wildman–Crippen MR) is 64.2 cm³/mol. The Hall–Kier alpha value is -0.770. The van der Waals surface area contributed by atoms with Crippen LogP contribution < -0.4 is 5.32 Å². The summed E-state index contributed by atoms with van der Waals surface area (Å²) in [6, 6.07) is 2.86. The highest BCUT2D eigenvalue weighted by Gasteiger charge is 2.16. The Labute approximate surface area is 108 Å². The van der Waals surface area contributed by atoms with Crippen LogP contribution in [0.5, 0.6) is 0 Å². The third kappa shape index (κ3) is 2.88.